The maximum Gasteiger partial charge on any atom is 0.141 e. The Morgan fingerprint density at radius 1 is 1.40 bits per heavy atom. The molecule has 2 aliphatic rings. The summed E-state index contributed by atoms with van der Waals surface area (Å²) in [7, 11) is 0. The van der Waals surface area contributed by atoms with Crippen molar-refractivity contribution in [1.82, 2.24) is 25.0 Å². The van der Waals surface area contributed by atoms with E-state index in [9.17, 15) is 0 Å². The third-order valence-electron chi connectivity index (χ3n) is 4.94. The van der Waals surface area contributed by atoms with Gasteiger partial charge in [-0.1, -0.05) is 12.8 Å². The molecule has 5 nitrogen and oxygen atoms in total. The van der Waals surface area contributed by atoms with Gasteiger partial charge in [0.15, 0.2) is 0 Å². The van der Waals surface area contributed by atoms with Gasteiger partial charge in [0.25, 0.3) is 0 Å². The molecule has 1 aromatic heterocycles. The Morgan fingerprint density at radius 2 is 2.15 bits per heavy atom. The van der Waals surface area contributed by atoms with Crippen molar-refractivity contribution in [3.63, 3.8) is 0 Å². The second-order valence-electron chi connectivity index (χ2n) is 6.84. The van der Waals surface area contributed by atoms with Gasteiger partial charge in [-0.2, -0.15) is 5.10 Å². The van der Waals surface area contributed by atoms with Gasteiger partial charge in [0, 0.05) is 30.7 Å². The van der Waals surface area contributed by atoms with E-state index in [0.29, 0.717) is 17.6 Å². The van der Waals surface area contributed by atoms with Crippen LogP contribution in [0.4, 0.5) is 0 Å². The summed E-state index contributed by atoms with van der Waals surface area (Å²) in [5.74, 6) is 1.10. The normalized spacial score (nSPS) is 26.7. The second-order valence-corrected chi connectivity index (χ2v) is 6.84. The van der Waals surface area contributed by atoms with Gasteiger partial charge in [-0.3, -0.25) is 4.90 Å². The molecule has 2 fully saturated rings. The fraction of sp³-hybridized carbons (Fsp3) is 0.867. The molecule has 5 heteroatoms. The number of hydrogen-bond acceptors (Lipinski definition) is 4. The maximum absolute atomic E-state index is 4.47. The molecule has 1 saturated heterocycles. The molecular weight excluding hydrogens is 250 g/mol. The summed E-state index contributed by atoms with van der Waals surface area (Å²) < 4.78 is 2.05. The highest BCUT2D eigenvalue weighted by Gasteiger charge is 2.40. The Hall–Kier alpha value is -0.940. The van der Waals surface area contributed by atoms with Crippen molar-refractivity contribution in [2.75, 3.05) is 13.1 Å². The van der Waals surface area contributed by atoms with Crippen LogP contribution in [0.25, 0.3) is 0 Å². The first-order valence-electron chi connectivity index (χ1n) is 7.97. The van der Waals surface area contributed by atoms with Gasteiger partial charge in [0.05, 0.1) is 6.54 Å². The summed E-state index contributed by atoms with van der Waals surface area (Å²) in [5.41, 5.74) is 0.370. The summed E-state index contributed by atoms with van der Waals surface area (Å²) >= 11 is 0. The monoisotopic (exact) mass is 277 g/mol. The van der Waals surface area contributed by atoms with E-state index in [2.05, 4.69) is 45.8 Å². The molecule has 112 valence electrons. The molecule has 1 aromatic rings. The topological polar surface area (TPSA) is 46.0 Å². The van der Waals surface area contributed by atoms with Crippen LogP contribution in [0, 0.1) is 0 Å². The minimum Gasteiger partial charge on any atom is -0.308 e. The third kappa shape index (κ3) is 2.61. The van der Waals surface area contributed by atoms with E-state index < -0.39 is 0 Å². The van der Waals surface area contributed by atoms with Crippen LogP contribution in [0.5, 0.6) is 0 Å². The summed E-state index contributed by atoms with van der Waals surface area (Å²) in [4.78, 5) is 7.06. The second kappa shape index (κ2) is 5.45. The van der Waals surface area contributed by atoms with Crippen molar-refractivity contribution < 1.29 is 0 Å². The number of aromatic nitrogens is 3. The Bertz CT molecular complexity index is 447. The molecule has 1 unspecified atom stereocenters. The SMILES string of the molecule is CC1CNC2(CCCC2)CN1Cc1ncnn1C(C)C. The number of hydrogen-bond donors (Lipinski definition) is 1. The van der Waals surface area contributed by atoms with E-state index in [4.69, 9.17) is 0 Å². The molecule has 0 radical (unpaired) electrons. The van der Waals surface area contributed by atoms with Crippen LogP contribution in [-0.2, 0) is 6.54 Å². The van der Waals surface area contributed by atoms with Crippen LogP contribution in [0.15, 0.2) is 6.33 Å². The lowest BCUT2D eigenvalue weighted by Crippen LogP contribution is -2.62. The molecule has 0 amide bonds. The molecule has 0 aromatic carbocycles. The van der Waals surface area contributed by atoms with Gasteiger partial charge in [0.1, 0.15) is 12.2 Å². The van der Waals surface area contributed by atoms with E-state index in [-0.39, 0.29) is 0 Å². The van der Waals surface area contributed by atoms with Crippen LogP contribution < -0.4 is 5.32 Å². The van der Waals surface area contributed by atoms with Crippen molar-refractivity contribution in [3.05, 3.63) is 12.2 Å². The highest BCUT2D eigenvalue weighted by Crippen LogP contribution is 2.33. The fourth-order valence-electron chi connectivity index (χ4n) is 3.69. The number of piperazine rings is 1. The van der Waals surface area contributed by atoms with Gasteiger partial charge < -0.3 is 5.32 Å². The maximum atomic E-state index is 4.47. The van der Waals surface area contributed by atoms with Gasteiger partial charge in [-0.15, -0.1) is 0 Å². The zero-order valence-electron chi connectivity index (χ0n) is 13.0. The number of nitrogens with zero attached hydrogens (tertiary/aromatic N) is 4. The predicted octanol–water partition coefficient (Wildman–Crippen LogP) is 1.97. The fourth-order valence-corrected chi connectivity index (χ4v) is 3.69. The lowest BCUT2D eigenvalue weighted by atomic mass is 9.92. The predicted molar refractivity (Wildman–Crippen MR) is 79.5 cm³/mol. The summed E-state index contributed by atoms with van der Waals surface area (Å²) in [6.07, 6.45) is 7.09. The first kappa shape index (κ1) is 14.0. The van der Waals surface area contributed by atoms with E-state index in [1.54, 1.807) is 6.33 Å². The van der Waals surface area contributed by atoms with Gasteiger partial charge in [-0.05, 0) is 33.6 Å². The summed E-state index contributed by atoms with van der Waals surface area (Å²) in [5, 5.41) is 8.17. The van der Waals surface area contributed by atoms with Crippen molar-refractivity contribution >= 4 is 0 Å². The molecule has 3 rings (SSSR count). The van der Waals surface area contributed by atoms with Gasteiger partial charge in [-0.25, -0.2) is 9.67 Å². The van der Waals surface area contributed by atoms with Crippen molar-refractivity contribution in [2.45, 2.75) is 70.6 Å². The van der Waals surface area contributed by atoms with Crippen LogP contribution in [0.2, 0.25) is 0 Å². The molecule has 1 aliphatic heterocycles. The van der Waals surface area contributed by atoms with Crippen LogP contribution in [0.3, 0.4) is 0 Å². The van der Waals surface area contributed by atoms with Crippen molar-refractivity contribution in [2.24, 2.45) is 0 Å². The standard InChI is InChI=1S/C15H27N5/c1-12(2)20-14(16-11-18-20)9-19-10-15(6-4-5-7-15)17-8-13(19)3/h11-13,17H,4-10H2,1-3H3. The van der Waals surface area contributed by atoms with Gasteiger partial charge >= 0.3 is 0 Å². The van der Waals surface area contributed by atoms with Crippen LogP contribution >= 0.6 is 0 Å². The van der Waals surface area contributed by atoms with E-state index in [1.165, 1.54) is 25.7 Å². The minimum atomic E-state index is 0.370. The van der Waals surface area contributed by atoms with Crippen LogP contribution in [0.1, 0.15) is 58.3 Å². The number of nitrogens with one attached hydrogen (secondary N) is 1. The minimum absolute atomic E-state index is 0.370. The van der Waals surface area contributed by atoms with Gasteiger partial charge in [0.2, 0.25) is 0 Å². The van der Waals surface area contributed by atoms with Crippen LogP contribution in [-0.4, -0.2) is 44.3 Å². The molecule has 1 N–H and O–H groups in total. The average molecular weight is 277 g/mol. The average Bonchev–Trinajstić information content (AvgIpc) is 3.04. The summed E-state index contributed by atoms with van der Waals surface area (Å²) in [6, 6.07) is 0.949. The first-order valence-corrected chi connectivity index (χ1v) is 7.97. The zero-order chi connectivity index (χ0) is 14.2. The Labute approximate surface area is 121 Å². The third-order valence-corrected chi connectivity index (χ3v) is 4.94. The Balaban J connectivity index is 1.73. The lowest BCUT2D eigenvalue weighted by molar-refractivity contribution is 0.0786. The molecule has 2 heterocycles. The highest BCUT2D eigenvalue weighted by molar-refractivity contribution is 5.01. The lowest BCUT2D eigenvalue weighted by Gasteiger charge is -2.45. The van der Waals surface area contributed by atoms with Crippen molar-refractivity contribution in [3.8, 4) is 0 Å². The summed E-state index contributed by atoms with van der Waals surface area (Å²) in [6.45, 7) is 9.80. The smallest absolute Gasteiger partial charge is 0.141 e. The van der Waals surface area contributed by atoms with E-state index in [0.717, 1.165) is 25.5 Å². The molecule has 0 bridgehead atoms. The van der Waals surface area contributed by atoms with E-state index >= 15 is 0 Å². The quantitative estimate of drug-likeness (QED) is 0.917. The highest BCUT2D eigenvalue weighted by atomic mass is 15.4. The first-order chi connectivity index (χ1) is 9.60. The number of rotatable bonds is 3. The zero-order valence-corrected chi connectivity index (χ0v) is 13.0. The molecule has 1 aliphatic carbocycles. The Morgan fingerprint density at radius 3 is 2.85 bits per heavy atom. The largest absolute Gasteiger partial charge is 0.308 e. The molecule has 1 spiro atoms. The molecular formula is C15H27N5. The van der Waals surface area contributed by atoms with E-state index in [1.807, 2.05) is 0 Å². The molecule has 1 saturated carbocycles. The molecule has 1 atom stereocenters. The van der Waals surface area contributed by atoms with Crippen molar-refractivity contribution in [1.29, 1.82) is 0 Å². The molecule has 20 heavy (non-hydrogen) atoms. The Kier molecular flexibility index (Phi) is 3.82.